The van der Waals surface area contributed by atoms with E-state index in [1.54, 1.807) is 0 Å². The van der Waals surface area contributed by atoms with Crippen LogP contribution in [-0.4, -0.2) is 61.5 Å². The summed E-state index contributed by atoms with van der Waals surface area (Å²) < 4.78 is 0. The zero-order chi connectivity index (χ0) is 13.5. The topological polar surface area (TPSA) is 35.6 Å². The van der Waals surface area contributed by atoms with Gasteiger partial charge < -0.3 is 15.1 Å². The molecule has 0 aromatic rings. The molecule has 0 radical (unpaired) electrons. The molecule has 1 aliphatic rings. The molecule has 0 bridgehead atoms. The third-order valence-corrected chi connectivity index (χ3v) is 3.69. The second kappa shape index (κ2) is 7.74. The van der Waals surface area contributed by atoms with Crippen LogP contribution < -0.4 is 5.32 Å². The molecule has 106 valence electrons. The number of amides is 1. The minimum absolute atomic E-state index is 0.0484. The summed E-state index contributed by atoms with van der Waals surface area (Å²) in [5.41, 5.74) is 0. The van der Waals surface area contributed by atoms with Crippen molar-refractivity contribution in [2.24, 2.45) is 0 Å². The van der Waals surface area contributed by atoms with Gasteiger partial charge in [0.1, 0.15) is 0 Å². The van der Waals surface area contributed by atoms with Gasteiger partial charge in [0.05, 0.1) is 6.04 Å². The molecule has 0 aromatic carbocycles. The van der Waals surface area contributed by atoms with Gasteiger partial charge in [-0.25, -0.2) is 0 Å². The van der Waals surface area contributed by atoms with Gasteiger partial charge in [-0.15, -0.1) is 0 Å². The second-order valence-electron chi connectivity index (χ2n) is 5.71. The number of nitrogens with one attached hydrogen (secondary N) is 1. The molecular weight excluding hydrogens is 226 g/mol. The van der Waals surface area contributed by atoms with E-state index in [2.05, 4.69) is 31.2 Å². The molecule has 1 heterocycles. The van der Waals surface area contributed by atoms with Gasteiger partial charge in [0.25, 0.3) is 0 Å². The van der Waals surface area contributed by atoms with Crippen molar-refractivity contribution in [3.8, 4) is 0 Å². The smallest absolute Gasteiger partial charge is 0.239 e. The van der Waals surface area contributed by atoms with Crippen molar-refractivity contribution < 1.29 is 4.79 Å². The number of likely N-dealkylation sites (tertiary alicyclic amines) is 1. The van der Waals surface area contributed by atoms with Crippen molar-refractivity contribution in [1.82, 2.24) is 15.1 Å². The Bertz CT molecular complexity index is 255. The molecule has 0 aliphatic carbocycles. The fraction of sp³-hybridized carbons (Fsp3) is 0.929. The highest BCUT2D eigenvalue weighted by Gasteiger charge is 2.26. The maximum absolute atomic E-state index is 12.3. The van der Waals surface area contributed by atoms with Crippen LogP contribution in [0.3, 0.4) is 0 Å². The molecule has 1 rings (SSSR count). The Morgan fingerprint density at radius 2 is 2.17 bits per heavy atom. The van der Waals surface area contributed by atoms with Crippen molar-refractivity contribution in [3.05, 3.63) is 0 Å². The predicted octanol–water partition coefficient (Wildman–Crippen LogP) is 1.32. The first-order valence-electron chi connectivity index (χ1n) is 7.21. The minimum atomic E-state index is -0.0484. The number of rotatable bonds is 6. The molecule has 0 saturated carbocycles. The number of carbonyl (C=O) groups excluding carboxylic acids is 1. The van der Waals surface area contributed by atoms with Gasteiger partial charge in [-0.3, -0.25) is 4.79 Å². The Balaban J connectivity index is 2.27. The van der Waals surface area contributed by atoms with E-state index >= 15 is 0 Å². The summed E-state index contributed by atoms with van der Waals surface area (Å²) >= 11 is 0. The first-order valence-corrected chi connectivity index (χ1v) is 7.21. The fourth-order valence-corrected chi connectivity index (χ4v) is 2.48. The highest BCUT2D eigenvalue weighted by atomic mass is 16.2. The van der Waals surface area contributed by atoms with Gasteiger partial charge in [-0.1, -0.05) is 0 Å². The van der Waals surface area contributed by atoms with Crippen molar-refractivity contribution in [3.63, 3.8) is 0 Å². The van der Waals surface area contributed by atoms with Crippen molar-refractivity contribution in [2.45, 2.75) is 51.6 Å². The molecule has 1 N–H and O–H groups in total. The van der Waals surface area contributed by atoms with E-state index in [4.69, 9.17) is 0 Å². The van der Waals surface area contributed by atoms with Crippen LogP contribution in [0.4, 0.5) is 0 Å². The predicted molar refractivity (Wildman–Crippen MR) is 75.7 cm³/mol. The van der Waals surface area contributed by atoms with Gasteiger partial charge in [-0.05, 0) is 66.7 Å². The first kappa shape index (κ1) is 15.4. The Kier molecular flexibility index (Phi) is 6.65. The Morgan fingerprint density at radius 1 is 1.44 bits per heavy atom. The minimum Gasteiger partial charge on any atom is -0.339 e. The molecule has 0 spiro atoms. The largest absolute Gasteiger partial charge is 0.339 e. The average molecular weight is 255 g/mol. The van der Waals surface area contributed by atoms with E-state index in [1.165, 1.54) is 6.42 Å². The SMILES string of the molecule is C[C@H](NCCCN(C)C)C(=O)N1CCCC[C@@H]1C. The lowest BCUT2D eigenvalue weighted by atomic mass is 10.0. The third kappa shape index (κ3) is 4.94. The quantitative estimate of drug-likeness (QED) is 0.727. The molecule has 4 nitrogen and oxygen atoms in total. The summed E-state index contributed by atoms with van der Waals surface area (Å²) in [5, 5.41) is 3.34. The third-order valence-electron chi connectivity index (χ3n) is 3.69. The molecule has 1 fully saturated rings. The molecule has 18 heavy (non-hydrogen) atoms. The monoisotopic (exact) mass is 255 g/mol. The van der Waals surface area contributed by atoms with Crippen LogP contribution in [0.5, 0.6) is 0 Å². The lowest BCUT2D eigenvalue weighted by Crippen LogP contribution is -2.50. The average Bonchev–Trinajstić information content (AvgIpc) is 2.34. The Morgan fingerprint density at radius 3 is 2.78 bits per heavy atom. The summed E-state index contributed by atoms with van der Waals surface area (Å²) in [6.07, 6.45) is 4.65. The van der Waals surface area contributed by atoms with Crippen LogP contribution >= 0.6 is 0 Å². The van der Waals surface area contributed by atoms with Crippen LogP contribution in [0.2, 0.25) is 0 Å². The van der Waals surface area contributed by atoms with Crippen molar-refractivity contribution in [2.75, 3.05) is 33.7 Å². The summed E-state index contributed by atoms with van der Waals surface area (Å²) in [6, 6.07) is 0.366. The summed E-state index contributed by atoms with van der Waals surface area (Å²) in [5.74, 6) is 0.270. The molecular formula is C14H29N3O. The molecule has 1 amide bonds. The van der Waals surface area contributed by atoms with Gasteiger partial charge >= 0.3 is 0 Å². The first-order chi connectivity index (χ1) is 8.52. The van der Waals surface area contributed by atoms with E-state index in [-0.39, 0.29) is 11.9 Å². The molecule has 0 unspecified atom stereocenters. The molecule has 4 heteroatoms. The van der Waals surface area contributed by atoms with E-state index < -0.39 is 0 Å². The highest BCUT2D eigenvalue weighted by Crippen LogP contribution is 2.17. The van der Waals surface area contributed by atoms with Gasteiger partial charge in [0, 0.05) is 12.6 Å². The maximum Gasteiger partial charge on any atom is 0.239 e. The molecule has 1 aliphatic heterocycles. The maximum atomic E-state index is 12.3. The normalized spacial score (nSPS) is 22.3. The Hall–Kier alpha value is -0.610. The molecule has 1 saturated heterocycles. The number of nitrogens with zero attached hydrogens (tertiary/aromatic N) is 2. The number of hydrogen-bond acceptors (Lipinski definition) is 3. The summed E-state index contributed by atoms with van der Waals surface area (Å²) in [7, 11) is 4.15. The Labute approximate surface area is 112 Å². The number of carbonyl (C=O) groups is 1. The van der Waals surface area contributed by atoms with Crippen molar-refractivity contribution in [1.29, 1.82) is 0 Å². The zero-order valence-electron chi connectivity index (χ0n) is 12.4. The molecule has 0 aromatic heterocycles. The van der Waals surface area contributed by atoms with Gasteiger partial charge in [0.15, 0.2) is 0 Å². The number of hydrogen-bond donors (Lipinski definition) is 1. The zero-order valence-corrected chi connectivity index (χ0v) is 12.4. The molecule has 2 atom stereocenters. The van der Waals surface area contributed by atoms with E-state index in [0.29, 0.717) is 6.04 Å². The van der Waals surface area contributed by atoms with Gasteiger partial charge in [0.2, 0.25) is 5.91 Å². The van der Waals surface area contributed by atoms with Crippen LogP contribution in [0.1, 0.15) is 39.5 Å². The summed E-state index contributed by atoms with van der Waals surface area (Å²) in [6.45, 7) is 7.06. The fourth-order valence-electron chi connectivity index (χ4n) is 2.48. The van der Waals surface area contributed by atoms with Crippen molar-refractivity contribution >= 4 is 5.91 Å². The summed E-state index contributed by atoms with van der Waals surface area (Å²) in [4.78, 5) is 16.5. The second-order valence-corrected chi connectivity index (χ2v) is 5.71. The lowest BCUT2D eigenvalue weighted by molar-refractivity contribution is -0.136. The van der Waals surface area contributed by atoms with Crippen LogP contribution in [-0.2, 0) is 4.79 Å². The van der Waals surface area contributed by atoms with Gasteiger partial charge in [-0.2, -0.15) is 0 Å². The van der Waals surface area contributed by atoms with Crippen LogP contribution in [0.15, 0.2) is 0 Å². The lowest BCUT2D eigenvalue weighted by Gasteiger charge is -2.35. The standard InChI is InChI=1S/C14H29N3O/c1-12-8-5-6-11-17(12)14(18)13(2)15-9-7-10-16(3)4/h12-13,15H,5-11H2,1-4H3/t12-,13-/m0/s1. The van der Waals surface area contributed by atoms with Crippen LogP contribution in [0, 0.1) is 0 Å². The van der Waals surface area contributed by atoms with E-state index in [9.17, 15) is 4.79 Å². The van der Waals surface area contributed by atoms with E-state index in [0.717, 1.165) is 38.9 Å². The van der Waals surface area contributed by atoms with Crippen LogP contribution in [0.25, 0.3) is 0 Å². The number of piperidine rings is 1. The van der Waals surface area contributed by atoms with E-state index in [1.807, 2.05) is 11.8 Å². The highest BCUT2D eigenvalue weighted by molar-refractivity contribution is 5.81.